The number of aromatic amines is 1. The Bertz CT molecular complexity index is 625. The lowest BCUT2D eigenvalue weighted by molar-refractivity contribution is 0.560. The molecule has 2 aromatic rings. The SMILES string of the molecule is CC(C)c1n[nH]c(=S)n1-c1c(F)cc(Br)cc1F. The van der Waals surface area contributed by atoms with Crippen LogP contribution in [0, 0.1) is 16.4 Å². The van der Waals surface area contributed by atoms with Gasteiger partial charge in [-0.15, -0.1) is 0 Å². The molecule has 2 rings (SSSR count). The molecule has 0 radical (unpaired) electrons. The van der Waals surface area contributed by atoms with E-state index in [9.17, 15) is 8.78 Å². The molecular formula is C11H10BrF2N3S. The summed E-state index contributed by atoms with van der Waals surface area (Å²) in [6.07, 6.45) is 0. The molecule has 0 bridgehead atoms. The second-order valence-electron chi connectivity index (χ2n) is 4.10. The van der Waals surface area contributed by atoms with Gasteiger partial charge < -0.3 is 0 Å². The Balaban J connectivity index is 2.77. The number of aromatic nitrogens is 3. The zero-order valence-corrected chi connectivity index (χ0v) is 12.1. The number of hydrogen-bond acceptors (Lipinski definition) is 2. The average Bonchev–Trinajstić information content (AvgIpc) is 2.59. The van der Waals surface area contributed by atoms with E-state index in [2.05, 4.69) is 26.1 Å². The van der Waals surface area contributed by atoms with E-state index < -0.39 is 11.6 Å². The van der Waals surface area contributed by atoms with E-state index in [1.807, 2.05) is 13.8 Å². The third kappa shape index (κ3) is 2.24. The lowest BCUT2D eigenvalue weighted by atomic mass is 10.2. The Labute approximate surface area is 116 Å². The molecule has 0 amide bonds. The van der Waals surface area contributed by atoms with Crippen LogP contribution in [0.1, 0.15) is 25.6 Å². The van der Waals surface area contributed by atoms with Crippen molar-refractivity contribution in [3.63, 3.8) is 0 Å². The van der Waals surface area contributed by atoms with Crippen molar-refractivity contribution in [3.8, 4) is 5.69 Å². The van der Waals surface area contributed by atoms with E-state index in [0.717, 1.165) is 0 Å². The molecule has 0 fully saturated rings. The van der Waals surface area contributed by atoms with Crippen molar-refractivity contribution >= 4 is 28.1 Å². The standard InChI is InChI=1S/C11H10BrF2N3S/c1-5(2)10-15-16-11(18)17(10)9-7(13)3-6(12)4-8(9)14/h3-5H,1-2H3,(H,16,18). The van der Waals surface area contributed by atoms with Crippen LogP contribution in [0.5, 0.6) is 0 Å². The van der Waals surface area contributed by atoms with Gasteiger partial charge in [0.05, 0.1) is 0 Å². The molecule has 0 saturated heterocycles. The van der Waals surface area contributed by atoms with Gasteiger partial charge in [-0.2, -0.15) is 5.10 Å². The Morgan fingerprint density at radius 3 is 2.39 bits per heavy atom. The molecule has 96 valence electrons. The van der Waals surface area contributed by atoms with Crippen molar-refractivity contribution in [2.24, 2.45) is 0 Å². The average molecular weight is 334 g/mol. The highest BCUT2D eigenvalue weighted by Gasteiger charge is 2.19. The van der Waals surface area contributed by atoms with Gasteiger partial charge in [0.2, 0.25) is 0 Å². The summed E-state index contributed by atoms with van der Waals surface area (Å²) >= 11 is 8.06. The van der Waals surface area contributed by atoms with Gasteiger partial charge in [-0.3, -0.25) is 9.67 Å². The zero-order valence-electron chi connectivity index (χ0n) is 9.67. The second kappa shape index (κ2) is 4.89. The predicted molar refractivity (Wildman–Crippen MR) is 70.5 cm³/mol. The van der Waals surface area contributed by atoms with E-state index in [-0.39, 0.29) is 16.4 Å². The quantitative estimate of drug-likeness (QED) is 0.839. The number of nitrogens with one attached hydrogen (secondary N) is 1. The molecule has 1 N–H and O–H groups in total. The minimum atomic E-state index is -0.693. The summed E-state index contributed by atoms with van der Waals surface area (Å²) < 4.78 is 29.6. The predicted octanol–water partition coefficient (Wildman–Crippen LogP) is 4.09. The molecule has 1 aromatic carbocycles. The van der Waals surface area contributed by atoms with Gasteiger partial charge in [-0.25, -0.2) is 8.78 Å². The normalized spacial score (nSPS) is 11.2. The lowest BCUT2D eigenvalue weighted by Gasteiger charge is -2.11. The van der Waals surface area contributed by atoms with Crippen LogP contribution in [0.15, 0.2) is 16.6 Å². The molecular weight excluding hydrogens is 324 g/mol. The van der Waals surface area contributed by atoms with Crippen molar-refractivity contribution in [2.45, 2.75) is 19.8 Å². The summed E-state index contributed by atoms with van der Waals surface area (Å²) in [4.78, 5) is 0. The molecule has 0 unspecified atom stereocenters. The molecule has 18 heavy (non-hydrogen) atoms. The van der Waals surface area contributed by atoms with Crippen LogP contribution in [0.3, 0.4) is 0 Å². The fraction of sp³-hybridized carbons (Fsp3) is 0.273. The first-order valence-corrected chi connectivity index (χ1v) is 6.44. The van der Waals surface area contributed by atoms with Gasteiger partial charge in [0.15, 0.2) is 16.4 Å². The highest BCUT2D eigenvalue weighted by Crippen LogP contribution is 2.26. The molecule has 0 atom stereocenters. The van der Waals surface area contributed by atoms with Gasteiger partial charge in [0.1, 0.15) is 11.5 Å². The molecule has 7 heteroatoms. The minimum absolute atomic E-state index is 0.0135. The Hall–Kier alpha value is -1.08. The maximum absolute atomic E-state index is 13.9. The fourth-order valence-corrected chi connectivity index (χ4v) is 2.29. The molecule has 1 aromatic heterocycles. The van der Waals surface area contributed by atoms with Crippen LogP contribution in [0.25, 0.3) is 5.69 Å². The summed E-state index contributed by atoms with van der Waals surface area (Å²) in [6, 6.07) is 2.38. The molecule has 0 spiro atoms. The van der Waals surface area contributed by atoms with Crippen LogP contribution in [0.4, 0.5) is 8.78 Å². The number of nitrogens with zero attached hydrogens (tertiary/aromatic N) is 2. The highest BCUT2D eigenvalue weighted by molar-refractivity contribution is 9.10. The van der Waals surface area contributed by atoms with E-state index in [4.69, 9.17) is 12.2 Å². The zero-order chi connectivity index (χ0) is 13.4. The lowest BCUT2D eigenvalue weighted by Crippen LogP contribution is -2.08. The van der Waals surface area contributed by atoms with Gasteiger partial charge in [-0.1, -0.05) is 29.8 Å². The summed E-state index contributed by atoms with van der Waals surface area (Å²) in [5, 5.41) is 6.55. The molecule has 0 aliphatic rings. The van der Waals surface area contributed by atoms with Crippen LogP contribution in [-0.4, -0.2) is 14.8 Å². The number of hydrogen-bond donors (Lipinski definition) is 1. The first kappa shape index (κ1) is 13.4. The first-order valence-electron chi connectivity index (χ1n) is 5.24. The van der Waals surface area contributed by atoms with Gasteiger partial charge in [0.25, 0.3) is 0 Å². The van der Waals surface area contributed by atoms with Crippen LogP contribution in [-0.2, 0) is 0 Å². The fourth-order valence-electron chi connectivity index (χ4n) is 1.66. The van der Waals surface area contributed by atoms with Crippen molar-refractivity contribution in [2.75, 3.05) is 0 Å². The number of benzene rings is 1. The number of rotatable bonds is 2. The maximum atomic E-state index is 13.9. The van der Waals surface area contributed by atoms with E-state index in [1.54, 1.807) is 0 Å². The molecule has 0 aliphatic carbocycles. The summed E-state index contributed by atoms with van der Waals surface area (Å²) in [5.41, 5.74) is -0.208. The van der Waals surface area contributed by atoms with Crippen LogP contribution in [0.2, 0.25) is 0 Å². The van der Waals surface area contributed by atoms with Crippen molar-refractivity contribution < 1.29 is 8.78 Å². The van der Waals surface area contributed by atoms with Gasteiger partial charge in [0, 0.05) is 10.4 Å². The van der Waals surface area contributed by atoms with E-state index >= 15 is 0 Å². The summed E-state index contributed by atoms with van der Waals surface area (Å²) in [5.74, 6) is -0.914. The minimum Gasteiger partial charge on any atom is -0.266 e. The first-order chi connectivity index (χ1) is 8.41. The van der Waals surface area contributed by atoms with E-state index in [1.165, 1.54) is 16.7 Å². The monoisotopic (exact) mass is 333 g/mol. The van der Waals surface area contributed by atoms with Gasteiger partial charge >= 0.3 is 0 Å². The van der Waals surface area contributed by atoms with Crippen molar-refractivity contribution in [1.82, 2.24) is 14.8 Å². The number of halogens is 3. The Morgan fingerprint density at radius 1 is 1.33 bits per heavy atom. The van der Waals surface area contributed by atoms with Crippen molar-refractivity contribution in [3.05, 3.63) is 38.8 Å². The topological polar surface area (TPSA) is 33.6 Å². The van der Waals surface area contributed by atoms with Crippen molar-refractivity contribution in [1.29, 1.82) is 0 Å². The molecule has 0 aliphatic heterocycles. The smallest absolute Gasteiger partial charge is 0.200 e. The summed E-state index contributed by atoms with van der Waals surface area (Å²) in [7, 11) is 0. The molecule has 1 heterocycles. The Kier molecular flexibility index (Phi) is 3.63. The third-order valence-corrected chi connectivity index (χ3v) is 3.15. The van der Waals surface area contributed by atoms with Gasteiger partial charge in [-0.05, 0) is 24.4 Å². The van der Waals surface area contributed by atoms with Crippen LogP contribution >= 0.6 is 28.1 Å². The maximum Gasteiger partial charge on any atom is 0.200 e. The highest BCUT2D eigenvalue weighted by atomic mass is 79.9. The van der Waals surface area contributed by atoms with E-state index in [0.29, 0.717) is 10.3 Å². The largest absolute Gasteiger partial charge is 0.266 e. The summed E-state index contributed by atoms with van der Waals surface area (Å²) in [6.45, 7) is 3.74. The van der Waals surface area contributed by atoms with Crippen LogP contribution < -0.4 is 0 Å². The second-order valence-corrected chi connectivity index (χ2v) is 5.40. The Morgan fingerprint density at radius 2 is 1.89 bits per heavy atom. The third-order valence-electron chi connectivity index (χ3n) is 2.42. The number of H-pyrrole nitrogens is 1. The molecule has 3 nitrogen and oxygen atoms in total. The molecule has 0 saturated carbocycles.